The summed E-state index contributed by atoms with van der Waals surface area (Å²) in [5.41, 5.74) is 0.475. The molecule has 2 rings (SSSR count). The maximum atomic E-state index is 11.0. The van der Waals surface area contributed by atoms with Crippen LogP contribution in [0.25, 0.3) is 0 Å². The van der Waals surface area contributed by atoms with E-state index < -0.39 is 0 Å². The Morgan fingerprint density at radius 1 is 1.32 bits per heavy atom. The van der Waals surface area contributed by atoms with Crippen LogP contribution < -0.4 is 9.47 Å². The second-order valence-corrected chi connectivity index (χ2v) is 3.93. The zero-order valence-electron chi connectivity index (χ0n) is 10.7. The number of aldehydes is 1. The molecule has 0 atom stereocenters. The quantitative estimate of drug-likeness (QED) is 0.717. The molecular formula is C14H15NO4. The third-order valence-electron chi connectivity index (χ3n) is 2.45. The van der Waals surface area contributed by atoms with E-state index in [1.807, 2.05) is 6.92 Å². The van der Waals surface area contributed by atoms with Gasteiger partial charge in [0.1, 0.15) is 18.1 Å². The molecule has 1 aromatic carbocycles. The van der Waals surface area contributed by atoms with E-state index in [1.54, 1.807) is 30.5 Å². The molecular weight excluding hydrogens is 246 g/mol. The number of aromatic nitrogens is 1. The topological polar surface area (TPSA) is 61.6 Å². The third kappa shape index (κ3) is 3.58. The molecule has 2 aromatic rings. The van der Waals surface area contributed by atoms with E-state index >= 15 is 0 Å². The smallest absolute Gasteiger partial charge is 0.174 e. The maximum Gasteiger partial charge on any atom is 0.174 e. The van der Waals surface area contributed by atoms with Gasteiger partial charge in [-0.15, -0.1) is 0 Å². The number of rotatable bonds is 7. The molecule has 0 N–H and O–H groups in total. The number of hydrogen-bond donors (Lipinski definition) is 0. The molecule has 19 heavy (non-hydrogen) atoms. The van der Waals surface area contributed by atoms with Crippen molar-refractivity contribution in [2.75, 3.05) is 6.61 Å². The monoisotopic (exact) mass is 261 g/mol. The van der Waals surface area contributed by atoms with Crippen molar-refractivity contribution >= 4 is 6.29 Å². The summed E-state index contributed by atoms with van der Waals surface area (Å²) in [6.45, 7) is 2.88. The molecule has 0 aliphatic heterocycles. The summed E-state index contributed by atoms with van der Waals surface area (Å²) in [5.74, 6) is 1.75. The van der Waals surface area contributed by atoms with Crippen LogP contribution in [-0.2, 0) is 6.61 Å². The Balaban J connectivity index is 2.09. The second-order valence-electron chi connectivity index (χ2n) is 3.93. The fourth-order valence-electron chi connectivity index (χ4n) is 1.51. The van der Waals surface area contributed by atoms with Crippen molar-refractivity contribution in [3.05, 3.63) is 41.8 Å². The van der Waals surface area contributed by atoms with Crippen LogP contribution in [0.3, 0.4) is 0 Å². The van der Waals surface area contributed by atoms with E-state index in [-0.39, 0.29) is 6.61 Å². The maximum absolute atomic E-state index is 11.0. The van der Waals surface area contributed by atoms with Crippen LogP contribution in [0.2, 0.25) is 0 Å². The summed E-state index contributed by atoms with van der Waals surface area (Å²) in [5, 5.41) is 3.59. The minimum Gasteiger partial charge on any atom is -0.493 e. The van der Waals surface area contributed by atoms with Gasteiger partial charge in [-0.25, -0.2) is 0 Å². The molecule has 0 aliphatic rings. The Kier molecular flexibility index (Phi) is 4.55. The number of hydrogen-bond acceptors (Lipinski definition) is 5. The van der Waals surface area contributed by atoms with Crippen molar-refractivity contribution in [3.8, 4) is 11.5 Å². The number of carbonyl (C=O) groups is 1. The van der Waals surface area contributed by atoms with Crippen LogP contribution in [0.4, 0.5) is 0 Å². The van der Waals surface area contributed by atoms with Gasteiger partial charge in [0.2, 0.25) is 0 Å². The molecule has 0 unspecified atom stereocenters. The SMILES string of the molecule is CCCOc1ccc(C=O)c(OCc2ccno2)c1. The summed E-state index contributed by atoms with van der Waals surface area (Å²) in [6.07, 6.45) is 3.21. The van der Waals surface area contributed by atoms with Gasteiger partial charge in [0.05, 0.1) is 18.4 Å². The molecule has 100 valence electrons. The van der Waals surface area contributed by atoms with Crippen LogP contribution in [-0.4, -0.2) is 18.0 Å². The molecule has 0 radical (unpaired) electrons. The summed E-state index contributed by atoms with van der Waals surface area (Å²) in [6, 6.07) is 6.84. The number of ether oxygens (including phenoxy) is 2. The number of carbonyl (C=O) groups excluding carboxylic acids is 1. The molecule has 0 bridgehead atoms. The van der Waals surface area contributed by atoms with E-state index in [1.165, 1.54) is 0 Å². The van der Waals surface area contributed by atoms with Crippen molar-refractivity contribution < 1.29 is 18.8 Å². The lowest BCUT2D eigenvalue weighted by Crippen LogP contribution is -2.00. The zero-order chi connectivity index (χ0) is 13.5. The lowest BCUT2D eigenvalue weighted by atomic mass is 10.2. The molecule has 0 saturated carbocycles. The van der Waals surface area contributed by atoms with E-state index in [9.17, 15) is 4.79 Å². The minimum absolute atomic E-state index is 0.220. The highest BCUT2D eigenvalue weighted by Gasteiger charge is 2.07. The van der Waals surface area contributed by atoms with Gasteiger partial charge in [0, 0.05) is 12.1 Å². The Bertz CT molecular complexity index is 522. The van der Waals surface area contributed by atoms with Crippen molar-refractivity contribution in [2.45, 2.75) is 20.0 Å². The molecule has 0 saturated heterocycles. The standard InChI is InChI=1S/C14H15NO4/c1-2-7-17-12-4-3-11(9-16)14(8-12)18-10-13-5-6-15-19-13/h3-6,8-9H,2,7,10H2,1H3. The van der Waals surface area contributed by atoms with Crippen LogP contribution in [0.15, 0.2) is 35.0 Å². The fraction of sp³-hybridized carbons (Fsp3) is 0.286. The van der Waals surface area contributed by atoms with E-state index in [0.29, 0.717) is 29.4 Å². The zero-order valence-corrected chi connectivity index (χ0v) is 10.7. The summed E-state index contributed by atoms with van der Waals surface area (Å²) >= 11 is 0. The number of benzene rings is 1. The van der Waals surface area contributed by atoms with Gasteiger partial charge in [-0.3, -0.25) is 4.79 Å². The molecule has 5 nitrogen and oxygen atoms in total. The van der Waals surface area contributed by atoms with Gasteiger partial charge in [-0.05, 0) is 18.6 Å². The van der Waals surface area contributed by atoms with Gasteiger partial charge in [0.15, 0.2) is 12.0 Å². The molecule has 0 aliphatic carbocycles. The summed E-state index contributed by atoms with van der Waals surface area (Å²) in [4.78, 5) is 11.0. The minimum atomic E-state index is 0.220. The summed E-state index contributed by atoms with van der Waals surface area (Å²) < 4.78 is 16.0. The molecule has 0 fully saturated rings. The van der Waals surface area contributed by atoms with Crippen molar-refractivity contribution in [3.63, 3.8) is 0 Å². The number of nitrogens with zero attached hydrogens (tertiary/aromatic N) is 1. The normalized spacial score (nSPS) is 10.2. The molecule has 0 spiro atoms. The predicted molar refractivity (Wildman–Crippen MR) is 68.5 cm³/mol. The average molecular weight is 261 g/mol. The first-order valence-electron chi connectivity index (χ1n) is 6.08. The van der Waals surface area contributed by atoms with Gasteiger partial charge in [0.25, 0.3) is 0 Å². The van der Waals surface area contributed by atoms with Crippen molar-refractivity contribution in [1.29, 1.82) is 0 Å². The highest BCUT2D eigenvalue weighted by molar-refractivity contribution is 5.79. The van der Waals surface area contributed by atoms with Crippen LogP contribution >= 0.6 is 0 Å². The average Bonchev–Trinajstić information content (AvgIpc) is 2.96. The lowest BCUT2D eigenvalue weighted by Gasteiger charge is -2.10. The van der Waals surface area contributed by atoms with Crippen molar-refractivity contribution in [2.24, 2.45) is 0 Å². The predicted octanol–water partition coefficient (Wildman–Crippen LogP) is 2.85. The Morgan fingerprint density at radius 2 is 2.21 bits per heavy atom. The molecule has 0 amide bonds. The van der Waals surface area contributed by atoms with E-state index in [0.717, 1.165) is 12.7 Å². The first-order chi connectivity index (χ1) is 9.33. The van der Waals surface area contributed by atoms with Gasteiger partial charge in [-0.1, -0.05) is 12.1 Å². The first kappa shape index (κ1) is 13.1. The highest BCUT2D eigenvalue weighted by atomic mass is 16.5. The van der Waals surface area contributed by atoms with Gasteiger partial charge >= 0.3 is 0 Å². The molecule has 1 heterocycles. The Hall–Kier alpha value is -2.30. The summed E-state index contributed by atoms with van der Waals surface area (Å²) in [7, 11) is 0. The van der Waals surface area contributed by atoms with E-state index in [4.69, 9.17) is 14.0 Å². The van der Waals surface area contributed by atoms with Crippen LogP contribution in [0.1, 0.15) is 29.5 Å². The van der Waals surface area contributed by atoms with Crippen LogP contribution in [0.5, 0.6) is 11.5 Å². The fourth-order valence-corrected chi connectivity index (χ4v) is 1.51. The third-order valence-corrected chi connectivity index (χ3v) is 2.45. The van der Waals surface area contributed by atoms with Crippen LogP contribution in [0, 0.1) is 0 Å². The lowest BCUT2D eigenvalue weighted by molar-refractivity contribution is 0.111. The molecule has 1 aromatic heterocycles. The van der Waals surface area contributed by atoms with Crippen molar-refractivity contribution in [1.82, 2.24) is 5.16 Å². The van der Waals surface area contributed by atoms with Gasteiger partial charge < -0.3 is 14.0 Å². The Labute approximate surface area is 111 Å². The van der Waals surface area contributed by atoms with Gasteiger partial charge in [-0.2, -0.15) is 0 Å². The van der Waals surface area contributed by atoms with E-state index in [2.05, 4.69) is 5.16 Å². The molecule has 5 heteroatoms. The highest BCUT2D eigenvalue weighted by Crippen LogP contribution is 2.24. The Morgan fingerprint density at radius 3 is 2.89 bits per heavy atom. The second kappa shape index (κ2) is 6.58. The first-order valence-corrected chi connectivity index (χ1v) is 6.08. The largest absolute Gasteiger partial charge is 0.493 e.